The van der Waals surface area contributed by atoms with Gasteiger partial charge in [-0.2, -0.15) is 0 Å². The van der Waals surface area contributed by atoms with Gasteiger partial charge in [-0.25, -0.2) is 4.98 Å². The van der Waals surface area contributed by atoms with E-state index in [9.17, 15) is 0 Å². The second-order valence-corrected chi connectivity index (χ2v) is 13.8. The average molecular weight is 427 g/mol. The first-order valence-corrected chi connectivity index (χ1v) is 14.0. The second-order valence-electron chi connectivity index (χ2n) is 8.58. The van der Waals surface area contributed by atoms with Gasteiger partial charge in [-0.05, 0) is 49.2 Å². The van der Waals surface area contributed by atoms with Crippen LogP contribution in [0.1, 0.15) is 36.0 Å². The molecule has 0 unspecified atom stereocenters. The Morgan fingerprint density at radius 1 is 0.774 bits per heavy atom. The molecule has 0 amide bonds. The van der Waals surface area contributed by atoms with E-state index in [1.54, 1.807) is 12.1 Å². The fraction of sp³-hybridized carbons (Fsp3) is 0.276. The van der Waals surface area contributed by atoms with Crippen molar-refractivity contribution in [1.29, 1.82) is 0 Å². The van der Waals surface area contributed by atoms with E-state index in [-0.39, 0.29) is 0 Å². The Morgan fingerprint density at radius 3 is 2.16 bits per heavy atom. The Morgan fingerprint density at radius 2 is 1.48 bits per heavy atom. The number of aromatic nitrogens is 1. The lowest BCUT2D eigenvalue weighted by molar-refractivity contribution is 1.19. The predicted octanol–water partition coefficient (Wildman–Crippen LogP) is 7.90. The second kappa shape index (κ2) is 8.80. The van der Waals surface area contributed by atoms with Crippen molar-refractivity contribution in [3.05, 3.63) is 83.9 Å². The monoisotopic (exact) mass is 426 g/mol. The molecular formula is C29H33NSi. The van der Waals surface area contributed by atoms with E-state index in [2.05, 4.69) is 69.3 Å². The number of hydrogen-bond donors (Lipinski definition) is 0. The van der Waals surface area contributed by atoms with Crippen molar-refractivity contribution in [3.8, 4) is 22.4 Å². The third-order valence-corrected chi connectivity index (χ3v) is 12.5. The summed E-state index contributed by atoms with van der Waals surface area (Å²) >= 11 is 0. The van der Waals surface area contributed by atoms with E-state index in [0.29, 0.717) is 5.56 Å². The minimum absolute atomic E-state index is 0.352. The number of nitrogens with zero attached hydrogens (tertiary/aromatic N) is 1. The Kier molecular flexibility index (Phi) is 5.09. The molecule has 0 saturated carbocycles. The fourth-order valence-electron chi connectivity index (χ4n) is 4.85. The zero-order chi connectivity index (χ0) is 24.5. The highest BCUT2D eigenvalue weighted by molar-refractivity contribution is 6.91. The Bertz CT molecular complexity index is 1300. The number of aryl methyl sites for hydroxylation is 2. The number of fused-ring (bicyclic) bond motifs is 1. The molecule has 1 heterocycles. The van der Waals surface area contributed by atoms with Gasteiger partial charge < -0.3 is 0 Å². The average Bonchev–Trinajstić information content (AvgIpc) is 2.84. The van der Waals surface area contributed by atoms with Crippen LogP contribution in [0.5, 0.6) is 0 Å². The summed E-state index contributed by atoms with van der Waals surface area (Å²) < 4.78 is 23.7. The molecule has 158 valence electrons. The number of pyridine rings is 1. The Hall–Kier alpha value is -2.71. The van der Waals surface area contributed by atoms with Gasteiger partial charge in [0, 0.05) is 15.1 Å². The largest absolute Gasteiger partial charge is 0.248 e. The molecule has 0 N–H and O–H groups in total. The highest BCUT2D eigenvalue weighted by atomic mass is 28.3. The van der Waals surface area contributed by atoms with Gasteiger partial charge in [0.15, 0.2) is 0 Å². The summed E-state index contributed by atoms with van der Waals surface area (Å²) in [5, 5.41) is 2.67. The summed E-state index contributed by atoms with van der Waals surface area (Å²) in [4.78, 5) is 5.03. The van der Waals surface area contributed by atoms with Crippen molar-refractivity contribution in [2.24, 2.45) is 0 Å². The summed E-state index contributed by atoms with van der Waals surface area (Å²) in [6.45, 7) is 6.80. The SMILES string of the molecule is [2H]C([2H])([2H])c1cc(C)cc(-c2cc(-c3ccccc3)c3cc([Si](CC)(CC)CC)ccc3n2)c1. The van der Waals surface area contributed by atoms with Crippen LogP contribution in [0.15, 0.2) is 72.8 Å². The molecule has 1 nitrogen and oxygen atoms in total. The van der Waals surface area contributed by atoms with Crippen LogP contribution in [0.25, 0.3) is 33.3 Å². The normalized spacial score (nSPS) is 13.6. The maximum atomic E-state index is 7.89. The topological polar surface area (TPSA) is 12.9 Å². The zero-order valence-electron chi connectivity index (χ0n) is 22.0. The molecule has 1 aromatic heterocycles. The van der Waals surface area contributed by atoms with Gasteiger partial charge in [0.25, 0.3) is 0 Å². The lowest BCUT2D eigenvalue weighted by atomic mass is 9.97. The van der Waals surface area contributed by atoms with Crippen LogP contribution < -0.4 is 5.19 Å². The standard InChI is InChI=1S/C29H33NSi/c1-6-31(7-2,8-3)25-14-15-28-27(19-25)26(23-12-10-9-11-13-23)20-29(30-28)24-17-21(4)16-22(5)18-24/h9-20H,6-8H2,1-5H3/i4D3. The van der Waals surface area contributed by atoms with Crippen molar-refractivity contribution >= 4 is 24.2 Å². The van der Waals surface area contributed by atoms with Gasteiger partial charge in [-0.1, -0.05) is 104 Å². The smallest absolute Gasteiger partial charge is 0.0859 e. The van der Waals surface area contributed by atoms with Crippen LogP contribution in [-0.4, -0.2) is 13.1 Å². The molecule has 0 spiro atoms. The van der Waals surface area contributed by atoms with Crippen LogP contribution in [0, 0.1) is 13.8 Å². The molecule has 0 saturated heterocycles. The number of rotatable bonds is 6. The van der Waals surface area contributed by atoms with Crippen LogP contribution in [-0.2, 0) is 0 Å². The first-order chi connectivity index (χ1) is 16.2. The summed E-state index contributed by atoms with van der Waals surface area (Å²) in [5.41, 5.74) is 6.16. The molecular weight excluding hydrogens is 390 g/mol. The van der Waals surface area contributed by atoms with E-state index in [1.807, 2.05) is 19.1 Å². The summed E-state index contributed by atoms with van der Waals surface area (Å²) in [5.74, 6) is 0. The molecule has 0 aliphatic carbocycles. The zero-order valence-corrected chi connectivity index (χ0v) is 20.0. The van der Waals surface area contributed by atoms with Crippen molar-refractivity contribution < 1.29 is 4.11 Å². The molecule has 0 bridgehead atoms. The molecule has 31 heavy (non-hydrogen) atoms. The van der Waals surface area contributed by atoms with Gasteiger partial charge in [-0.15, -0.1) is 0 Å². The van der Waals surface area contributed by atoms with E-state index in [1.165, 1.54) is 28.7 Å². The highest BCUT2D eigenvalue weighted by Gasteiger charge is 2.29. The minimum atomic E-state index is -2.15. The Labute approximate surface area is 192 Å². The van der Waals surface area contributed by atoms with Crippen molar-refractivity contribution in [3.63, 3.8) is 0 Å². The van der Waals surface area contributed by atoms with Crippen molar-refractivity contribution in [2.75, 3.05) is 0 Å². The molecule has 3 aromatic carbocycles. The molecule has 0 aliphatic rings. The van der Waals surface area contributed by atoms with Gasteiger partial charge in [0.05, 0.1) is 19.3 Å². The molecule has 0 radical (unpaired) electrons. The summed E-state index contributed by atoms with van der Waals surface area (Å²) in [6, 6.07) is 28.7. The molecule has 2 heteroatoms. The van der Waals surface area contributed by atoms with Crippen LogP contribution in [0.3, 0.4) is 0 Å². The molecule has 4 aromatic rings. The van der Waals surface area contributed by atoms with Gasteiger partial charge in [0.2, 0.25) is 0 Å². The summed E-state index contributed by atoms with van der Waals surface area (Å²) in [7, 11) is -1.54. The van der Waals surface area contributed by atoms with Crippen LogP contribution >= 0.6 is 0 Å². The summed E-state index contributed by atoms with van der Waals surface area (Å²) in [6.07, 6.45) is 0. The maximum absolute atomic E-state index is 7.89. The number of hydrogen-bond acceptors (Lipinski definition) is 1. The van der Waals surface area contributed by atoms with E-state index in [4.69, 9.17) is 9.10 Å². The maximum Gasteiger partial charge on any atom is 0.0859 e. The highest BCUT2D eigenvalue weighted by Crippen LogP contribution is 2.33. The third-order valence-electron chi connectivity index (χ3n) is 6.91. The van der Waals surface area contributed by atoms with Gasteiger partial charge >= 0.3 is 0 Å². The third kappa shape index (κ3) is 4.09. The predicted molar refractivity (Wildman–Crippen MR) is 139 cm³/mol. The molecule has 0 aliphatic heterocycles. The fourth-order valence-corrected chi connectivity index (χ4v) is 8.47. The lowest BCUT2D eigenvalue weighted by Crippen LogP contribution is -2.45. The first kappa shape index (κ1) is 17.9. The van der Waals surface area contributed by atoms with E-state index >= 15 is 0 Å². The van der Waals surface area contributed by atoms with Gasteiger partial charge in [-0.3, -0.25) is 0 Å². The number of benzene rings is 3. The molecule has 4 rings (SSSR count). The minimum Gasteiger partial charge on any atom is -0.248 e. The van der Waals surface area contributed by atoms with Crippen LogP contribution in [0.2, 0.25) is 18.1 Å². The van der Waals surface area contributed by atoms with Crippen molar-refractivity contribution in [2.45, 2.75) is 52.7 Å². The molecule has 0 fully saturated rings. The van der Waals surface area contributed by atoms with Crippen LogP contribution in [0.4, 0.5) is 0 Å². The van der Waals surface area contributed by atoms with Crippen molar-refractivity contribution in [1.82, 2.24) is 4.98 Å². The van der Waals surface area contributed by atoms with E-state index < -0.39 is 14.9 Å². The molecule has 0 atom stereocenters. The quantitative estimate of drug-likeness (QED) is 0.285. The van der Waals surface area contributed by atoms with E-state index in [0.717, 1.165) is 33.5 Å². The lowest BCUT2D eigenvalue weighted by Gasteiger charge is -2.29. The Balaban J connectivity index is 1.99. The first-order valence-electron chi connectivity index (χ1n) is 12.8. The van der Waals surface area contributed by atoms with Gasteiger partial charge in [0.1, 0.15) is 0 Å².